The second kappa shape index (κ2) is 12.8. The van der Waals surface area contributed by atoms with Crippen molar-refractivity contribution in [3.05, 3.63) is 127 Å². The molecule has 0 aliphatic heterocycles. The van der Waals surface area contributed by atoms with Crippen LogP contribution in [0.5, 0.6) is 0 Å². The van der Waals surface area contributed by atoms with Gasteiger partial charge in [0.05, 0.1) is 0 Å². The molecule has 2 aliphatic rings. The molecule has 4 aromatic carbocycles. The molecular formula is C44H53SiZr. The van der Waals surface area contributed by atoms with E-state index in [1.54, 1.807) is 22.3 Å². The summed E-state index contributed by atoms with van der Waals surface area (Å²) in [7, 11) is 0. The molecule has 0 bridgehead atoms. The van der Waals surface area contributed by atoms with E-state index in [1.807, 2.05) is 0 Å². The summed E-state index contributed by atoms with van der Waals surface area (Å²) in [5.74, 6) is 0.109. The predicted molar refractivity (Wildman–Crippen MR) is 202 cm³/mol. The fourth-order valence-corrected chi connectivity index (χ4v) is 31.9. The van der Waals surface area contributed by atoms with Crippen molar-refractivity contribution in [3.63, 3.8) is 0 Å². The van der Waals surface area contributed by atoms with Crippen LogP contribution < -0.4 is 0 Å². The van der Waals surface area contributed by atoms with Gasteiger partial charge in [-0.3, -0.25) is 0 Å². The van der Waals surface area contributed by atoms with Crippen molar-refractivity contribution in [2.45, 2.75) is 89.6 Å². The second-order valence-electron chi connectivity index (χ2n) is 15.2. The number of hydrogen-bond donors (Lipinski definition) is 0. The summed E-state index contributed by atoms with van der Waals surface area (Å²) in [5, 5.41) is 0. The van der Waals surface area contributed by atoms with Gasteiger partial charge < -0.3 is 0 Å². The number of aryl methyl sites for hydroxylation is 4. The van der Waals surface area contributed by atoms with Crippen LogP contribution in [0, 0.1) is 53.4 Å². The van der Waals surface area contributed by atoms with Gasteiger partial charge in [-0.1, -0.05) is 0 Å². The monoisotopic (exact) mass is 699 g/mol. The molecule has 0 aromatic heterocycles. The van der Waals surface area contributed by atoms with E-state index in [9.17, 15) is 0 Å². The SMILES string of the molecule is Cc1cc(C)c(C)c(-c2cccc3c2C=C(C(C)C)[CH]3[Zr]([CH]2C(C(C)C)=Cc3c(-c4cc(C)cc(C)c4C)cccc32)[SiH](C)C)c1. The van der Waals surface area contributed by atoms with Crippen LogP contribution in [0.4, 0.5) is 0 Å². The van der Waals surface area contributed by atoms with E-state index >= 15 is 0 Å². The molecule has 0 nitrogen and oxygen atoms in total. The van der Waals surface area contributed by atoms with Gasteiger partial charge in [0.2, 0.25) is 0 Å². The van der Waals surface area contributed by atoms with Crippen molar-refractivity contribution in [2.75, 3.05) is 0 Å². The molecular weight excluding hydrogens is 648 g/mol. The Morgan fingerprint density at radius 2 is 0.935 bits per heavy atom. The Hall–Kier alpha value is -2.54. The van der Waals surface area contributed by atoms with E-state index in [0.29, 0.717) is 19.1 Å². The van der Waals surface area contributed by atoms with E-state index < -0.39 is 26.8 Å². The van der Waals surface area contributed by atoms with Crippen molar-refractivity contribution >= 4 is 18.1 Å². The van der Waals surface area contributed by atoms with Crippen LogP contribution in [0.3, 0.4) is 0 Å². The molecule has 2 unspecified atom stereocenters. The van der Waals surface area contributed by atoms with Crippen molar-refractivity contribution in [1.82, 2.24) is 0 Å². The van der Waals surface area contributed by atoms with Gasteiger partial charge in [0.15, 0.2) is 0 Å². The average molecular weight is 701 g/mol. The third-order valence-corrected chi connectivity index (χ3v) is 32.6. The van der Waals surface area contributed by atoms with Crippen molar-refractivity contribution in [2.24, 2.45) is 11.8 Å². The number of benzene rings is 4. The van der Waals surface area contributed by atoms with Crippen molar-refractivity contribution < 1.29 is 20.9 Å². The van der Waals surface area contributed by atoms with Crippen LogP contribution in [0.2, 0.25) is 13.1 Å². The van der Waals surface area contributed by atoms with Gasteiger partial charge in [-0.25, -0.2) is 0 Å². The molecule has 46 heavy (non-hydrogen) atoms. The fraction of sp³-hybridized carbons (Fsp3) is 0.364. The molecule has 2 atom stereocenters. The Balaban J connectivity index is 1.56. The molecule has 0 heterocycles. The normalized spacial score (nSPS) is 17.1. The molecule has 0 N–H and O–H groups in total. The van der Waals surface area contributed by atoms with Gasteiger partial charge >= 0.3 is 290 Å². The van der Waals surface area contributed by atoms with Gasteiger partial charge in [-0.05, 0) is 0 Å². The molecule has 0 radical (unpaired) electrons. The summed E-state index contributed by atoms with van der Waals surface area (Å²) in [6.45, 7) is 28.9. The van der Waals surface area contributed by atoms with Gasteiger partial charge in [-0.2, -0.15) is 0 Å². The van der Waals surface area contributed by atoms with E-state index in [0.717, 1.165) is 0 Å². The third kappa shape index (κ3) is 5.66. The average Bonchev–Trinajstić information content (AvgIpc) is 3.57. The predicted octanol–water partition coefficient (Wildman–Crippen LogP) is 12.4. The first-order chi connectivity index (χ1) is 21.8. The molecule has 237 valence electrons. The maximum atomic E-state index is 2.70. The zero-order valence-electron chi connectivity index (χ0n) is 30.3. The molecule has 0 spiro atoms. The standard InChI is InChI=1S/2C21H23.C2H7Si.Zr/c2*1-13(2)18-11-17-7-6-8-19(21(17)12-18)20-10-14(3)9-15(4)16(20)5;1-3-2;/h2*6-13H,1-5H3;3H,1-2H3;. The minimum absolute atomic E-state index is 0.547. The van der Waals surface area contributed by atoms with Crippen LogP contribution >= 0.6 is 0 Å². The Morgan fingerprint density at radius 3 is 1.28 bits per heavy atom. The number of hydrogen-bond acceptors (Lipinski definition) is 0. The molecule has 0 saturated heterocycles. The van der Waals surface area contributed by atoms with Crippen LogP contribution in [0.25, 0.3) is 34.4 Å². The first kappa shape index (κ1) is 33.4. The van der Waals surface area contributed by atoms with Gasteiger partial charge in [-0.15, -0.1) is 0 Å². The van der Waals surface area contributed by atoms with Crippen molar-refractivity contribution in [3.8, 4) is 22.3 Å². The van der Waals surface area contributed by atoms with E-state index in [1.165, 1.54) is 66.8 Å². The first-order valence-electron chi connectivity index (χ1n) is 17.5. The van der Waals surface area contributed by atoms with Crippen LogP contribution in [0.15, 0.2) is 71.8 Å². The summed E-state index contributed by atoms with van der Waals surface area (Å²) < 4.78 is 1.28. The molecule has 0 fully saturated rings. The van der Waals surface area contributed by atoms with Crippen LogP contribution in [-0.2, 0) is 20.9 Å². The van der Waals surface area contributed by atoms with Crippen LogP contribution in [0.1, 0.15) is 90.6 Å². The number of rotatable bonds is 7. The molecule has 4 aromatic rings. The fourth-order valence-electron chi connectivity index (χ4n) is 8.54. The zero-order chi connectivity index (χ0) is 33.2. The summed E-state index contributed by atoms with van der Waals surface area (Å²) in [5.41, 5.74) is 23.8. The minimum atomic E-state index is -2.24. The zero-order valence-corrected chi connectivity index (χ0v) is 33.9. The van der Waals surface area contributed by atoms with Crippen LogP contribution in [-0.4, -0.2) is 5.92 Å². The van der Waals surface area contributed by atoms with E-state index in [-0.39, 0.29) is 0 Å². The Kier molecular flexibility index (Phi) is 9.30. The van der Waals surface area contributed by atoms with E-state index in [2.05, 4.69) is 155 Å². The van der Waals surface area contributed by atoms with Gasteiger partial charge in [0.25, 0.3) is 0 Å². The summed E-state index contributed by atoms with van der Waals surface area (Å²) in [6, 6.07) is 24.1. The Bertz CT molecular complexity index is 1760. The quantitative estimate of drug-likeness (QED) is 0.168. The Morgan fingerprint density at radius 1 is 0.543 bits per heavy atom. The van der Waals surface area contributed by atoms with Gasteiger partial charge in [0, 0.05) is 0 Å². The summed E-state index contributed by atoms with van der Waals surface area (Å²) >= 11 is -2.24. The molecule has 2 aliphatic carbocycles. The maximum absolute atomic E-state index is 2.70. The third-order valence-electron chi connectivity index (χ3n) is 11.1. The summed E-state index contributed by atoms with van der Waals surface area (Å²) in [4.78, 5) is 0. The molecule has 2 heteroatoms. The van der Waals surface area contributed by atoms with Gasteiger partial charge in [0.1, 0.15) is 0 Å². The molecule has 0 saturated carbocycles. The molecule has 0 amide bonds. The number of allylic oxidation sites excluding steroid dienone is 2. The first-order valence-corrected chi connectivity index (χ1v) is 27.5. The van der Waals surface area contributed by atoms with E-state index in [4.69, 9.17) is 0 Å². The second-order valence-corrected chi connectivity index (χ2v) is 35.3. The van der Waals surface area contributed by atoms with Crippen molar-refractivity contribution in [1.29, 1.82) is 0 Å². The Labute approximate surface area is 288 Å². The number of fused-ring (bicyclic) bond motifs is 2. The summed E-state index contributed by atoms with van der Waals surface area (Å²) in [6.07, 6.45) is 5.33. The topological polar surface area (TPSA) is 0 Å². The molecule has 6 rings (SSSR count).